The van der Waals surface area contributed by atoms with Crippen LogP contribution in [0, 0.1) is 11.8 Å². The Bertz CT molecular complexity index is 469. The first kappa shape index (κ1) is 9.84. The van der Waals surface area contributed by atoms with E-state index in [2.05, 4.69) is 35.2 Å². The first-order chi connectivity index (χ1) is 8.32. The van der Waals surface area contributed by atoms with Crippen molar-refractivity contribution in [3.63, 3.8) is 0 Å². The van der Waals surface area contributed by atoms with E-state index >= 15 is 0 Å². The summed E-state index contributed by atoms with van der Waals surface area (Å²) in [5.41, 5.74) is 1.68. The molecule has 1 saturated heterocycles. The molecule has 4 rings (SSSR count). The van der Waals surface area contributed by atoms with Crippen LogP contribution in [-0.2, 0) is 11.3 Å². The number of Topliss-reactive ketones (excluding diaryl/α,β-unsaturated/α-hetero) is 1. The topological polar surface area (TPSA) is 20.3 Å². The molecule has 2 aliphatic carbocycles. The molecular formula is C15H17NO. The van der Waals surface area contributed by atoms with Crippen molar-refractivity contribution in [1.82, 2.24) is 4.90 Å². The summed E-state index contributed by atoms with van der Waals surface area (Å²) in [4.78, 5) is 14.4. The lowest BCUT2D eigenvalue weighted by Gasteiger charge is -2.66. The Balaban J connectivity index is 1.57. The van der Waals surface area contributed by atoms with Gasteiger partial charge in [-0.05, 0) is 18.4 Å². The third kappa shape index (κ3) is 1.07. The van der Waals surface area contributed by atoms with E-state index in [-0.39, 0.29) is 0 Å². The van der Waals surface area contributed by atoms with Crippen LogP contribution in [0.25, 0.3) is 0 Å². The number of likely N-dealkylation sites (tertiary alicyclic amines) is 1. The quantitative estimate of drug-likeness (QED) is 0.772. The van der Waals surface area contributed by atoms with Gasteiger partial charge < -0.3 is 0 Å². The number of hydrogen-bond acceptors (Lipinski definition) is 2. The summed E-state index contributed by atoms with van der Waals surface area (Å²) in [6.07, 6.45) is 3.64. The van der Waals surface area contributed by atoms with Crippen LogP contribution in [0.3, 0.4) is 0 Å². The molecular weight excluding hydrogens is 210 g/mol. The van der Waals surface area contributed by atoms with Crippen LogP contribution < -0.4 is 0 Å². The van der Waals surface area contributed by atoms with Gasteiger partial charge in [0.15, 0.2) is 0 Å². The second kappa shape index (κ2) is 3.20. The number of piperidine rings is 1. The maximum Gasteiger partial charge on any atom is 0.144 e. The van der Waals surface area contributed by atoms with E-state index in [4.69, 9.17) is 0 Å². The molecule has 2 saturated carbocycles. The lowest BCUT2D eigenvalue weighted by atomic mass is 9.52. The maximum atomic E-state index is 11.9. The summed E-state index contributed by atoms with van der Waals surface area (Å²) in [6, 6.07) is 10.6. The number of ketones is 1. The summed E-state index contributed by atoms with van der Waals surface area (Å²) < 4.78 is 0. The van der Waals surface area contributed by atoms with Crippen molar-refractivity contribution in [2.45, 2.75) is 31.3 Å². The van der Waals surface area contributed by atoms with Gasteiger partial charge in [0.2, 0.25) is 0 Å². The van der Waals surface area contributed by atoms with E-state index in [1.54, 1.807) is 0 Å². The number of nitrogens with zero attached hydrogens (tertiary/aromatic N) is 1. The molecule has 0 radical (unpaired) electrons. The minimum atomic E-state index is 0.299. The fourth-order valence-electron chi connectivity index (χ4n) is 4.35. The average Bonchev–Trinajstić information content (AvgIpc) is 2.79. The van der Waals surface area contributed by atoms with Gasteiger partial charge in [-0.2, -0.15) is 0 Å². The molecule has 1 heterocycles. The summed E-state index contributed by atoms with van der Waals surface area (Å²) >= 11 is 0. The molecule has 0 aromatic heterocycles. The van der Waals surface area contributed by atoms with Crippen LogP contribution in [0.15, 0.2) is 30.3 Å². The van der Waals surface area contributed by atoms with E-state index in [9.17, 15) is 4.79 Å². The fraction of sp³-hybridized carbons (Fsp3) is 0.533. The van der Waals surface area contributed by atoms with Crippen LogP contribution in [-0.4, -0.2) is 22.8 Å². The largest absolute Gasteiger partial charge is 0.299 e. The van der Waals surface area contributed by atoms with Crippen LogP contribution >= 0.6 is 0 Å². The summed E-state index contributed by atoms with van der Waals surface area (Å²) in [7, 11) is 0. The van der Waals surface area contributed by atoms with Crippen LogP contribution in [0.1, 0.15) is 24.8 Å². The Kier molecular flexibility index (Phi) is 1.85. The molecule has 2 unspecified atom stereocenters. The molecule has 1 spiro atoms. The highest BCUT2D eigenvalue weighted by atomic mass is 16.1. The van der Waals surface area contributed by atoms with Gasteiger partial charge in [0.1, 0.15) is 5.78 Å². The summed E-state index contributed by atoms with van der Waals surface area (Å²) in [5, 5.41) is 0. The normalized spacial score (nSPS) is 39.2. The molecule has 17 heavy (non-hydrogen) atoms. The van der Waals surface area contributed by atoms with Crippen molar-refractivity contribution >= 4 is 5.78 Å². The van der Waals surface area contributed by atoms with E-state index in [0.29, 0.717) is 23.2 Å². The van der Waals surface area contributed by atoms with Crippen molar-refractivity contribution < 1.29 is 4.79 Å². The van der Waals surface area contributed by atoms with Gasteiger partial charge in [-0.15, -0.1) is 0 Å². The van der Waals surface area contributed by atoms with E-state index in [1.165, 1.54) is 18.4 Å². The van der Waals surface area contributed by atoms with Crippen LogP contribution in [0.5, 0.6) is 0 Å². The second-order valence-electron chi connectivity index (χ2n) is 5.76. The Labute approximate surface area is 102 Å². The van der Waals surface area contributed by atoms with Gasteiger partial charge in [-0.3, -0.25) is 9.69 Å². The molecule has 3 atom stereocenters. The van der Waals surface area contributed by atoms with Crippen molar-refractivity contribution in [1.29, 1.82) is 0 Å². The van der Waals surface area contributed by atoms with Crippen LogP contribution in [0.4, 0.5) is 0 Å². The van der Waals surface area contributed by atoms with E-state index in [0.717, 1.165) is 19.5 Å². The van der Waals surface area contributed by atoms with Crippen molar-refractivity contribution in [2.24, 2.45) is 11.8 Å². The van der Waals surface area contributed by atoms with Gasteiger partial charge in [0.25, 0.3) is 0 Å². The number of hydrogen-bond donors (Lipinski definition) is 0. The number of carbonyl (C=O) groups excluding carboxylic acids is 1. The number of rotatable bonds is 2. The number of benzene rings is 1. The second-order valence-corrected chi connectivity index (χ2v) is 5.76. The predicted molar refractivity (Wildman–Crippen MR) is 65.4 cm³/mol. The van der Waals surface area contributed by atoms with Crippen LogP contribution in [0.2, 0.25) is 0 Å². The summed E-state index contributed by atoms with van der Waals surface area (Å²) in [5.74, 6) is 1.33. The Morgan fingerprint density at radius 1 is 1.24 bits per heavy atom. The smallest absolute Gasteiger partial charge is 0.144 e. The first-order valence-electron chi connectivity index (χ1n) is 6.65. The van der Waals surface area contributed by atoms with Crippen molar-refractivity contribution in [3.05, 3.63) is 35.9 Å². The standard InChI is InChI=1S/C15H17NO/c17-14-12-7-4-8-15(12)13(14)10-16(15)9-11-5-2-1-3-6-11/h1-3,5-6,12-13H,4,7-10H2/t12-,13?,15?/m1/s1. The molecule has 88 valence electrons. The molecule has 1 aromatic carbocycles. The van der Waals surface area contributed by atoms with Gasteiger partial charge >= 0.3 is 0 Å². The Morgan fingerprint density at radius 2 is 2.06 bits per heavy atom. The van der Waals surface area contributed by atoms with Gasteiger partial charge in [-0.25, -0.2) is 0 Å². The first-order valence-corrected chi connectivity index (χ1v) is 6.65. The lowest BCUT2D eigenvalue weighted by Crippen LogP contribution is -2.80. The SMILES string of the molecule is O=C1C2CN(Cc3ccccc3)C23CCC[C@H]13. The van der Waals surface area contributed by atoms with Gasteiger partial charge in [0.05, 0.1) is 0 Å². The molecule has 0 N–H and O–H groups in total. The maximum absolute atomic E-state index is 11.9. The molecule has 2 heteroatoms. The fourth-order valence-corrected chi connectivity index (χ4v) is 4.35. The minimum absolute atomic E-state index is 0.299. The minimum Gasteiger partial charge on any atom is -0.299 e. The third-order valence-electron chi connectivity index (χ3n) is 5.17. The summed E-state index contributed by atoms with van der Waals surface area (Å²) in [6.45, 7) is 2.03. The zero-order valence-electron chi connectivity index (χ0n) is 9.93. The molecule has 2 nitrogen and oxygen atoms in total. The van der Waals surface area contributed by atoms with Crippen molar-refractivity contribution in [3.8, 4) is 0 Å². The highest BCUT2D eigenvalue weighted by Crippen LogP contribution is 2.61. The lowest BCUT2D eigenvalue weighted by molar-refractivity contribution is -0.194. The number of carbonyl (C=O) groups is 1. The molecule has 3 fully saturated rings. The Morgan fingerprint density at radius 3 is 2.88 bits per heavy atom. The predicted octanol–water partition coefficient (Wildman–Crippen LogP) is 2.24. The monoisotopic (exact) mass is 227 g/mol. The molecule has 3 aliphatic rings. The van der Waals surface area contributed by atoms with Crippen molar-refractivity contribution in [2.75, 3.05) is 6.54 Å². The van der Waals surface area contributed by atoms with Gasteiger partial charge in [-0.1, -0.05) is 36.8 Å². The third-order valence-corrected chi connectivity index (χ3v) is 5.17. The zero-order valence-corrected chi connectivity index (χ0v) is 9.93. The molecule has 0 bridgehead atoms. The van der Waals surface area contributed by atoms with Gasteiger partial charge in [0, 0.05) is 30.5 Å². The highest BCUT2D eigenvalue weighted by molar-refractivity contribution is 5.95. The van der Waals surface area contributed by atoms with E-state index < -0.39 is 0 Å². The Hall–Kier alpha value is -1.15. The molecule has 1 aromatic rings. The average molecular weight is 227 g/mol. The highest BCUT2D eigenvalue weighted by Gasteiger charge is 2.72. The molecule has 0 amide bonds. The van der Waals surface area contributed by atoms with E-state index in [1.807, 2.05) is 0 Å². The molecule has 1 aliphatic heterocycles. The zero-order chi connectivity index (χ0) is 11.5.